The van der Waals surface area contributed by atoms with Gasteiger partial charge >= 0.3 is 0 Å². The van der Waals surface area contributed by atoms with E-state index < -0.39 is 0 Å². The van der Waals surface area contributed by atoms with Crippen LogP contribution in [0, 0.1) is 12.7 Å². The van der Waals surface area contributed by atoms with E-state index in [2.05, 4.69) is 58.1 Å². The quantitative estimate of drug-likeness (QED) is 0.211. The molecule has 1 aliphatic rings. The predicted octanol–water partition coefficient (Wildman–Crippen LogP) is 5.53. The van der Waals surface area contributed by atoms with E-state index in [4.69, 9.17) is 0 Å². The number of hydrogen-bond acceptors (Lipinski definition) is 5. The predicted molar refractivity (Wildman–Crippen MR) is 150 cm³/mol. The highest BCUT2D eigenvalue weighted by molar-refractivity contribution is 7.99. The van der Waals surface area contributed by atoms with Crippen molar-refractivity contribution in [3.63, 3.8) is 0 Å². The lowest BCUT2D eigenvalue weighted by molar-refractivity contribution is -0.131. The van der Waals surface area contributed by atoms with Gasteiger partial charge in [0.15, 0.2) is 5.16 Å². The van der Waals surface area contributed by atoms with E-state index in [9.17, 15) is 9.18 Å². The fraction of sp³-hybridized carbons (Fsp3) is 0.300. The number of rotatable bonds is 9. The van der Waals surface area contributed by atoms with Crippen LogP contribution >= 0.6 is 11.8 Å². The number of amides is 1. The standard InChI is InChI=1S/C30H32FN5OS/c1-23-13-15-25(16-14-23)36-28(22-24-8-3-2-4-9-24)32-33-30(36)38-21-7-12-29(37)35-19-17-34(18-20-35)27-11-6-5-10-26(27)31/h2-6,8-11,13-16H,7,12,17-22H2,1H3. The molecule has 0 N–H and O–H groups in total. The van der Waals surface area contributed by atoms with Gasteiger partial charge in [-0.2, -0.15) is 0 Å². The SMILES string of the molecule is Cc1ccc(-n2c(Cc3ccccc3)nnc2SCCCC(=O)N2CCN(c3ccccc3F)CC2)cc1. The third-order valence-electron chi connectivity index (χ3n) is 6.79. The fourth-order valence-electron chi connectivity index (χ4n) is 4.69. The normalized spacial score (nSPS) is 13.6. The number of benzene rings is 3. The summed E-state index contributed by atoms with van der Waals surface area (Å²) in [5.74, 6) is 1.61. The van der Waals surface area contributed by atoms with Crippen molar-refractivity contribution in [1.82, 2.24) is 19.7 Å². The molecule has 8 heteroatoms. The Morgan fingerprint density at radius 1 is 0.895 bits per heavy atom. The van der Waals surface area contributed by atoms with Crippen LogP contribution in [-0.4, -0.2) is 57.5 Å². The molecular weight excluding hydrogens is 497 g/mol. The molecule has 0 bridgehead atoms. The van der Waals surface area contributed by atoms with E-state index in [0.717, 1.165) is 28.8 Å². The number of halogens is 1. The maximum atomic E-state index is 14.1. The van der Waals surface area contributed by atoms with Gasteiger partial charge in [0.2, 0.25) is 5.91 Å². The van der Waals surface area contributed by atoms with Crippen LogP contribution in [0.3, 0.4) is 0 Å². The number of thioether (sulfide) groups is 1. The highest BCUT2D eigenvalue weighted by Gasteiger charge is 2.22. The van der Waals surface area contributed by atoms with Gasteiger partial charge in [0, 0.05) is 50.5 Å². The van der Waals surface area contributed by atoms with Crippen molar-refractivity contribution < 1.29 is 9.18 Å². The molecular formula is C30H32FN5OS. The number of carbonyl (C=O) groups is 1. The lowest BCUT2D eigenvalue weighted by Crippen LogP contribution is -2.49. The van der Waals surface area contributed by atoms with Gasteiger partial charge in [0.1, 0.15) is 11.6 Å². The Bertz CT molecular complexity index is 1350. The minimum atomic E-state index is -0.213. The molecule has 0 radical (unpaired) electrons. The minimum Gasteiger partial charge on any atom is -0.366 e. The summed E-state index contributed by atoms with van der Waals surface area (Å²) in [6, 6.07) is 25.5. The van der Waals surface area contributed by atoms with Crippen molar-refractivity contribution in [1.29, 1.82) is 0 Å². The highest BCUT2D eigenvalue weighted by Crippen LogP contribution is 2.25. The molecule has 0 spiro atoms. The topological polar surface area (TPSA) is 54.3 Å². The number of nitrogens with zero attached hydrogens (tertiary/aromatic N) is 5. The fourth-order valence-corrected chi connectivity index (χ4v) is 5.60. The zero-order valence-electron chi connectivity index (χ0n) is 21.6. The number of piperazine rings is 1. The number of anilines is 1. The van der Waals surface area contributed by atoms with Gasteiger partial charge < -0.3 is 9.80 Å². The van der Waals surface area contributed by atoms with E-state index in [1.165, 1.54) is 17.2 Å². The summed E-state index contributed by atoms with van der Waals surface area (Å²) in [6.07, 6.45) is 1.94. The lowest BCUT2D eigenvalue weighted by Gasteiger charge is -2.36. The molecule has 1 aromatic heterocycles. The largest absolute Gasteiger partial charge is 0.366 e. The monoisotopic (exact) mass is 529 g/mol. The van der Waals surface area contributed by atoms with Crippen LogP contribution in [0.25, 0.3) is 5.69 Å². The average molecular weight is 530 g/mol. The maximum absolute atomic E-state index is 14.1. The number of carbonyl (C=O) groups excluding carboxylic acids is 1. The van der Waals surface area contributed by atoms with Crippen molar-refractivity contribution in [3.8, 4) is 5.69 Å². The van der Waals surface area contributed by atoms with Crippen LogP contribution in [0.1, 0.15) is 29.8 Å². The molecule has 1 fully saturated rings. The second kappa shape index (κ2) is 12.3. The summed E-state index contributed by atoms with van der Waals surface area (Å²) in [6.45, 7) is 4.60. The molecule has 2 heterocycles. The second-order valence-corrected chi connectivity index (χ2v) is 10.6. The van der Waals surface area contributed by atoms with Crippen molar-refractivity contribution in [2.45, 2.75) is 31.3 Å². The first-order valence-corrected chi connectivity index (χ1v) is 14.0. The summed E-state index contributed by atoms with van der Waals surface area (Å²) in [4.78, 5) is 16.7. The summed E-state index contributed by atoms with van der Waals surface area (Å²) in [5, 5.41) is 9.87. The molecule has 0 atom stereocenters. The van der Waals surface area contributed by atoms with Gasteiger partial charge in [-0.15, -0.1) is 10.2 Å². The Hall–Kier alpha value is -3.65. The van der Waals surface area contributed by atoms with Gasteiger partial charge in [0.25, 0.3) is 0 Å². The first kappa shape index (κ1) is 26.0. The third-order valence-corrected chi connectivity index (χ3v) is 7.80. The Labute approximate surface area is 227 Å². The van der Waals surface area contributed by atoms with Crippen LogP contribution in [-0.2, 0) is 11.2 Å². The zero-order valence-corrected chi connectivity index (χ0v) is 22.4. The zero-order chi connectivity index (χ0) is 26.3. The third kappa shape index (κ3) is 6.25. The molecule has 1 aliphatic heterocycles. The van der Waals surface area contributed by atoms with Crippen molar-refractivity contribution in [3.05, 3.63) is 102 Å². The van der Waals surface area contributed by atoms with Crippen LogP contribution in [0.15, 0.2) is 84.0 Å². The lowest BCUT2D eigenvalue weighted by atomic mass is 10.1. The number of aromatic nitrogens is 3. The molecule has 38 heavy (non-hydrogen) atoms. The molecule has 0 saturated carbocycles. The first-order valence-electron chi connectivity index (χ1n) is 13.0. The summed E-state index contributed by atoms with van der Waals surface area (Å²) in [5.41, 5.74) is 4.04. The van der Waals surface area contributed by atoms with Crippen molar-refractivity contribution >= 4 is 23.4 Å². The molecule has 1 amide bonds. The van der Waals surface area contributed by atoms with Crippen LogP contribution < -0.4 is 4.90 Å². The van der Waals surface area contributed by atoms with E-state index in [1.807, 2.05) is 34.1 Å². The van der Waals surface area contributed by atoms with Gasteiger partial charge in [-0.3, -0.25) is 9.36 Å². The van der Waals surface area contributed by atoms with Gasteiger partial charge in [0.05, 0.1) is 5.69 Å². The van der Waals surface area contributed by atoms with Gasteiger partial charge in [-0.1, -0.05) is 71.9 Å². The van der Waals surface area contributed by atoms with Crippen molar-refractivity contribution in [2.75, 3.05) is 36.8 Å². The minimum absolute atomic E-state index is 0.156. The number of para-hydroxylation sites is 1. The summed E-state index contributed by atoms with van der Waals surface area (Å²) in [7, 11) is 0. The summed E-state index contributed by atoms with van der Waals surface area (Å²) >= 11 is 1.63. The summed E-state index contributed by atoms with van der Waals surface area (Å²) < 4.78 is 16.2. The van der Waals surface area contributed by atoms with Crippen LogP contribution in [0.2, 0.25) is 0 Å². The Morgan fingerprint density at radius 3 is 2.34 bits per heavy atom. The smallest absolute Gasteiger partial charge is 0.222 e. The Morgan fingerprint density at radius 2 is 1.61 bits per heavy atom. The maximum Gasteiger partial charge on any atom is 0.222 e. The van der Waals surface area contributed by atoms with E-state index >= 15 is 0 Å². The van der Waals surface area contributed by atoms with Crippen LogP contribution in [0.4, 0.5) is 10.1 Å². The first-order chi connectivity index (χ1) is 18.6. The second-order valence-electron chi connectivity index (χ2n) is 9.50. The number of aryl methyl sites for hydroxylation is 1. The van der Waals surface area contributed by atoms with E-state index in [1.54, 1.807) is 23.9 Å². The molecule has 4 aromatic rings. The Kier molecular flexibility index (Phi) is 8.38. The highest BCUT2D eigenvalue weighted by atomic mass is 32.2. The average Bonchev–Trinajstić information content (AvgIpc) is 3.34. The number of hydrogen-bond donors (Lipinski definition) is 0. The molecule has 0 aliphatic carbocycles. The van der Waals surface area contributed by atoms with Gasteiger partial charge in [-0.05, 0) is 43.2 Å². The molecule has 3 aromatic carbocycles. The van der Waals surface area contributed by atoms with Crippen molar-refractivity contribution in [2.24, 2.45) is 0 Å². The van der Waals surface area contributed by atoms with E-state index in [-0.39, 0.29) is 11.7 Å². The molecule has 1 saturated heterocycles. The van der Waals surface area contributed by atoms with E-state index in [0.29, 0.717) is 44.7 Å². The molecule has 6 nitrogen and oxygen atoms in total. The molecule has 5 rings (SSSR count). The molecule has 196 valence electrons. The molecule has 0 unspecified atom stereocenters. The van der Waals surface area contributed by atoms with Gasteiger partial charge in [-0.25, -0.2) is 4.39 Å². The Balaban J connectivity index is 1.16. The van der Waals surface area contributed by atoms with Crippen LogP contribution in [0.5, 0.6) is 0 Å².